The fourth-order valence-electron chi connectivity index (χ4n) is 1.86. The predicted molar refractivity (Wildman–Crippen MR) is 85.3 cm³/mol. The highest BCUT2D eigenvalue weighted by atomic mass is 35.5. The van der Waals surface area contributed by atoms with E-state index in [-0.39, 0.29) is 12.5 Å². The van der Waals surface area contributed by atoms with Crippen molar-refractivity contribution in [2.45, 2.75) is 6.61 Å². The summed E-state index contributed by atoms with van der Waals surface area (Å²) in [6.45, 7) is -0.126. The standard InChI is InChI=1S/C16H10Cl2N2O3/c17-11-7-5-10(6-8-11)16(21)22-9-14-19-15(20-23-14)12-3-1-2-4-13(12)18/h1-8H,9H2. The summed E-state index contributed by atoms with van der Waals surface area (Å²) in [5.41, 5.74) is 1.04. The molecule has 3 rings (SSSR count). The van der Waals surface area contributed by atoms with Crippen molar-refractivity contribution < 1.29 is 14.1 Å². The van der Waals surface area contributed by atoms with E-state index in [0.717, 1.165) is 0 Å². The van der Waals surface area contributed by atoms with Crippen molar-refractivity contribution in [2.75, 3.05) is 0 Å². The van der Waals surface area contributed by atoms with Crippen molar-refractivity contribution >= 4 is 29.2 Å². The largest absolute Gasteiger partial charge is 0.452 e. The molecular weight excluding hydrogens is 339 g/mol. The molecule has 0 radical (unpaired) electrons. The number of hydrogen-bond donors (Lipinski definition) is 0. The lowest BCUT2D eigenvalue weighted by Gasteiger charge is -2.01. The molecule has 0 aliphatic rings. The number of esters is 1. The first-order chi connectivity index (χ1) is 11.1. The number of benzene rings is 2. The van der Waals surface area contributed by atoms with E-state index >= 15 is 0 Å². The van der Waals surface area contributed by atoms with Crippen LogP contribution in [0.25, 0.3) is 11.4 Å². The molecule has 0 amide bonds. The molecule has 0 aliphatic heterocycles. The molecule has 2 aromatic carbocycles. The number of carbonyl (C=O) groups excluding carboxylic acids is 1. The number of rotatable bonds is 4. The van der Waals surface area contributed by atoms with Crippen molar-refractivity contribution in [1.82, 2.24) is 10.1 Å². The van der Waals surface area contributed by atoms with Gasteiger partial charge in [0, 0.05) is 10.6 Å². The molecule has 0 unspecified atom stereocenters. The second-order valence-corrected chi connectivity index (χ2v) is 5.42. The Kier molecular flexibility index (Phi) is 4.60. The quantitative estimate of drug-likeness (QED) is 0.653. The Morgan fingerprint density at radius 2 is 1.83 bits per heavy atom. The van der Waals surface area contributed by atoms with E-state index in [9.17, 15) is 4.79 Å². The molecule has 0 aliphatic carbocycles. The molecule has 0 fully saturated rings. The van der Waals surface area contributed by atoms with Crippen LogP contribution >= 0.6 is 23.2 Å². The van der Waals surface area contributed by atoms with Gasteiger partial charge in [-0.05, 0) is 36.4 Å². The van der Waals surface area contributed by atoms with Crippen molar-refractivity contribution in [3.63, 3.8) is 0 Å². The Bertz CT molecular complexity index is 831. The zero-order valence-corrected chi connectivity index (χ0v) is 13.2. The van der Waals surface area contributed by atoms with E-state index in [1.165, 1.54) is 0 Å². The van der Waals surface area contributed by atoms with Gasteiger partial charge in [-0.25, -0.2) is 4.79 Å². The van der Waals surface area contributed by atoms with Gasteiger partial charge < -0.3 is 9.26 Å². The lowest BCUT2D eigenvalue weighted by Crippen LogP contribution is -2.05. The molecule has 3 aromatic rings. The number of aromatic nitrogens is 2. The maximum Gasteiger partial charge on any atom is 0.338 e. The van der Waals surface area contributed by atoms with Crippen molar-refractivity contribution in [2.24, 2.45) is 0 Å². The van der Waals surface area contributed by atoms with E-state index in [4.69, 9.17) is 32.5 Å². The summed E-state index contributed by atoms with van der Waals surface area (Å²) in [6, 6.07) is 13.5. The molecule has 5 nitrogen and oxygen atoms in total. The van der Waals surface area contributed by atoms with Gasteiger partial charge in [0.15, 0.2) is 6.61 Å². The van der Waals surface area contributed by atoms with Crippen LogP contribution in [0.1, 0.15) is 16.2 Å². The third kappa shape index (κ3) is 3.70. The van der Waals surface area contributed by atoms with Crippen LogP contribution in [-0.4, -0.2) is 16.1 Å². The van der Waals surface area contributed by atoms with Crippen LogP contribution in [0.4, 0.5) is 0 Å². The van der Waals surface area contributed by atoms with Crippen LogP contribution in [0.2, 0.25) is 10.0 Å². The maximum absolute atomic E-state index is 11.9. The van der Waals surface area contributed by atoms with Gasteiger partial charge >= 0.3 is 5.97 Å². The minimum atomic E-state index is -0.501. The van der Waals surface area contributed by atoms with Crippen molar-refractivity contribution in [3.8, 4) is 11.4 Å². The molecule has 7 heteroatoms. The predicted octanol–water partition coefficient (Wildman–Crippen LogP) is 4.40. The Morgan fingerprint density at radius 3 is 2.57 bits per heavy atom. The molecule has 0 spiro atoms. The molecule has 0 atom stereocenters. The van der Waals surface area contributed by atoms with Gasteiger partial charge in [0.1, 0.15) is 0 Å². The molecule has 116 valence electrons. The molecular formula is C16H10Cl2N2O3. The van der Waals surface area contributed by atoms with E-state index in [1.807, 2.05) is 6.07 Å². The van der Waals surface area contributed by atoms with Crippen molar-refractivity contribution in [3.05, 3.63) is 70.0 Å². The SMILES string of the molecule is O=C(OCc1nc(-c2ccccc2Cl)no1)c1ccc(Cl)cc1. The normalized spacial score (nSPS) is 10.5. The fourth-order valence-corrected chi connectivity index (χ4v) is 2.21. The molecule has 0 saturated heterocycles. The van der Waals surface area contributed by atoms with Gasteiger partial charge in [-0.1, -0.05) is 40.5 Å². The zero-order chi connectivity index (χ0) is 16.2. The summed E-state index contributed by atoms with van der Waals surface area (Å²) < 4.78 is 10.2. The third-order valence-electron chi connectivity index (χ3n) is 2.99. The van der Waals surface area contributed by atoms with Gasteiger partial charge in [0.25, 0.3) is 5.89 Å². The average molecular weight is 349 g/mol. The summed E-state index contributed by atoms with van der Waals surface area (Å²) >= 11 is 11.8. The van der Waals surface area contributed by atoms with Crippen LogP contribution in [0.5, 0.6) is 0 Å². The highest BCUT2D eigenvalue weighted by Crippen LogP contribution is 2.25. The number of hydrogen-bond acceptors (Lipinski definition) is 5. The fraction of sp³-hybridized carbons (Fsp3) is 0.0625. The van der Waals surface area contributed by atoms with E-state index in [0.29, 0.717) is 27.0 Å². The van der Waals surface area contributed by atoms with E-state index in [1.54, 1.807) is 42.5 Å². The lowest BCUT2D eigenvalue weighted by atomic mass is 10.2. The zero-order valence-electron chi connectivity index (χ0n) is 11.7. The van der Waals surface area contributed by atoms with E-state index < -0.39 is 5.97 Å². The highest BCUT2D eigenvalue weighted by molar-refractivity contribution is 6.33. The minimum Gasteiger partial charge on any atom is -0.452 e. The van der Waals surface area contributed by atoms with Gasteiger partial charge in [-0.2, -0.15) is 4.98 Å². The molecule has 0 bridgehead atoms. The first kappa shape index (κ1) is 15.5. The summed E-state index contributed by atoms with van der Waals surface area (Å²) in [4.78, 5) is 16.0. The van der Waals surface area contributed by atoms with Crippen LogP contribution in [0.15, 0.2) is 53.1 Å². The Morgan fingerprint density at radius 1 is 1.09 bits per heavy atom. The summed E-state index contributed by atoms with van der Waals surface area (Å²) in [6.07, 6.45) is 0. The van der Waals surface area contributed by atoms with Gasteiger partial charge in [0.05, 0.1) is 10.6 Å². The first-order valence-electron chi connectivity index (χ1n) is 6.63. The van der Waals surface area contributed by atoms with Crippen LogP contribution in [0, 0.1) is 0 Å². The topological polar surface area (TPSA) is 65.2 Å². The third-order valence-corrected chi connectivity index (χ3v) is 3.57. The van der Waals surface area contributed by atoms with E-state index in [2.05, 4.69) is 10.1 Å². The molecule has 0 saturated carbocycles. The number of nitrogens with zero attached hydrogens (tertiary/aromatic N) is 2. The van der Waals surface area contributed by atoms with Crippen LogP contribution in [0.3, 0.4) is 0 Å². The minimum absolute atomic E-state index is 0.126. The maximum atomic E-state index is 11.9. The average Bonchev–Trinajstić information content (AvgIpc) is 3.02. The van der Waals surface area contributed by atoms with Gasteiger partial charge in [0.2, 0.25) is 5.82 Å². The molecule has 1 aromatic heterocycles. The van der Waals surface area contributed by atoms with Crippen LogP contribution in [-0.2, 0) is 11.3 Å². The lowest BCUT2D eigenvalue weighted by molar-refractivity contribution is 0.0430. The Balaban J connectivity index is 1.67. The molecule has 1 heterocycles. The second-order valence-electron chi connectivity index (χ2n) is 4.57. The number of carbonyl (C=O) groups is 1. The second kappa shape index (κ2) is 6.81. The van der Waals surface area contributed by atoms with Crippen LogP contribution < -0.4 is 0 Å². The molecule has 23 heavy (non-hydrogen) atoms. The number of halogens is 2. The number of ether oxygens (including phenoxy) is 1. The van der Waals surface area contributed by atoms with Crippen molar-refractivity contribution in [1.29, 1.82) is 0 Å². The molecule has 0 N–H and O–H groups in total. The summed E-state index contributed by atoms with van der Waals surface area (Å²) in [5.74, 6) is 0.0227. The monoisotopic (exact) mass is 348 g/mol. The smallest absolute Gasteiger partial charge is 0.338 e. The first-order valence-corrected chi connectivity index (χ1v) is 7.39. The Labute approximate surface area is 141 Å². The van der Waals surface area contributed by atoms with Gasteiger partial charge in [-0.3, -0.25) is 0 Å². The Hall–Kier alpha value is -2.37. The highest BCUT2D eigenvalue weighted by Gasteiger charge is 2.14. The van der Waals surface area contributed by atoms with Gasteiger partial charge in [-0.15, -0.1) is 0 Å². The summed E-state index contributed by atoms with van der Waals surface area (Å²) in [5, 5.41) is 4.89. The summed E-state index contributed by atoms with van der Waals surface area (Å²) in [7, 11) is 0.